The van der Waals surface area contributed by atoms with Crippen molar-refractivity contribution in [2.45, 2.75) is 12.8 Å². The van der Waals surface area contributed by atoms with E-state index in [-0.39, 0.29) is 23.4 Å². The number of carbonyl (C=O) groups is 2. The second-order valence-corrected chi connectivity index (χ2v) is 7.36. The van der Waals surface area contributed by atoms with Crippen LogP contribution in [0.25, 0.3) is 11.7 Å². The number of oxazole rings is 1. The molecule has 1 aromatic carbocycles. The summed E-state index contributed by atoms with van der Waals surface area (Å²) in [5, 5.41) is 12.2. The van der Waals surface area contributed by atoms with Gasteiger partial charge in [0.2, 0.25) is 17.5 Å². The summed E-state index contributed by atoms with van der Waals surface area (Å²) in [6.07, 6.45) is 2.46. The number of anilines is 1. The van der Waals surface area contributed by atoms with Crippen LogP contribution in [0.2, 0.25) is 0 Å². The van der Waals surface area contributed by atoms with Crippen molar-refractivity contribution in [2.75, 3.05) is 37.6 Å². The third-order valence-electron chi connectivity index (χ3n) is 5.26. The van der Waals surface area contributed by atoms with Gasteiger partial charge in [-0.2, -0.15) is 10.2 Å². The molecule has 0 atom stereocenters. The summed E-state index contributed by atoms with van der Waals surface area (Å²) in [5.41, 5.74) is 0.805. The van der Waals surface area contributed by atoms with Gasteiger partial charge in [-0.25, -0.2) is 0 Å². The highest BCUT2D eigenvalue weighted by Crippen LogP contribution is 2.29. The zero-order valence-corrected chi connectivity index (χ0v) is 17.5. The summed E-state index contributed by atoms with van der Waals surface area (Å²) in [6, 6.07) is 14.5. The molecule has 0 bridgehead atoms. The van der Waals surface area contributed by atoms with Gasteiger partial charge in [-0.3, -0.25) is 9.59 Å². The summed E-state index contributed by atoms with van der Waals surface area (Å²) in [4.78, 5) is 32.5. The van der Waals surface area contributed by atoms with E-state index >= 15 is 0 Å². The molecule has 2 amide bonds. The molecule has 1 aliphatic heterocycles. The molecule has 9 heteroatoms. The SMILES string of the molecule is N#Cc1nc(-c2ccco2)oc1N1CCN(C(=O)CCCNC(=O)c2ccccc2)CC1. The second-order valence-electron chi connectivity index (χ2n) is 7.36. The number of amides is 2. The van der Waals surface area contributed by atoms with Crippen LogP contribution in [0.4, 0.5) is 5.88 Å². The van der Waals surface area contributed by atoms with E-state index in [0.717, 1.165) is 0 Å². The zero-order chi connectivity index (χ0) is 22.3. The average Bonchev–Trinajstić information content (AvgIpc) is 3.52. The molecule has 0 spiro atoms. The monoisotopic (exact) mass is 433 g/mol. The summed E-state index contributed by atoms with van der Waals surface area (Å²) < 4.78 is 11.1. The molecule has 0 saturated carbocycles. The Kier molecular flexibility index (Phi) is 6.51. The van der Waals surface area contributed by atoms with Gasteiger partial charge in [0.1, 0.15) is 6.07 Å². The molecule has 2 aromatic heterocycles. The topological polar surface area (TPSA) is 116 Å². The smallest absolute Gasteiger partial charge is 0.266 e. The van der Waals surface area contributed by atoms with Gasteiger partial charge in [-0.1, -0.05) is 18.2 Å². The molecule has 1 fully saturated rings. The molecule has 0 unspecified atom stereocenters. The van der Waals surface area contributed by atoms with Crippen molar-refractivity contribution in [3.05, 3.63) is 60.0 Å². The molecular formula is C23H23N5O4. The molecule has 164 valence electrons. The van der Waals surface area contributed by atoms with Crippen molar-refractivity contribution in [3.8, 4) is 17.7 Å². The first-order chi connectivity index (χ1) is 15.7. The largest absolute Gasteiger partial charge is 0.459 e. The molecule has 1 N–H and O–H groups in total. The molecule has 3 heterocycles. The highest BCUT2D eigenvalue weighted by atomic mass is 16.4. The second kappa shape index (κ2) is 9.83. The van der Waals surface area contributed by atoms with Crippen molar-refractivity contribution in [1.82, 2.24) is 15.2 Å². The highest BCUT2D eigenvalue weighted by molar-refractivity contribution is 5.94. The van der Waals surface area contributed by atoms with Crippen LogP contribution in [0.5, 0.6) is 0 Å². The number of benzene rings is 1. The molecule has 1 aliphatic rings. The number of carbonyl (C=O) groups excluding carboxylic acids is 2. The fourth-order valence-electron chi connectivity index (χ4n) is 3.56. The van der Waals surface area contributed by atoms with Crippen LogP contribution in [-0.4, -0.2) is 54.4 Å². The van der Waals surface area contributed by atoms with Gasteiger partial charge in [0.05, 0.1) is 6.26 Å². The van der Waals surface area contributed by atoms with E-state index in [2.05, 4.69) is 16.4 Å². The van der Waals surface area contributed by atoms with Gasteiger partial charge >= 0.3 is 0 Å². The number of nitrogens with one attached hydrogen (secondary N) is 1. The predicted octanol–water partition coefficient (Wildman–Crippen LogP) is 2.67. The van der Waals surface area contributed by atoms with Crippen LogP contribution >= 0.6 is 0 Å². The maximum Gasteiger partial charge on any atom is 0.266 e. The van der Waals surface area contributed by atoms with Gasteiger partial charge in [-0.15, -0.1) is 0 Å². The molecule has 4 rings (SSSR count). The number of hydrogen-bond donors (Lipinski definition) is 1. The summed E-state index contributed by atoms with van der Waals surface area (Å²) >= 11 is 0. The third-order valence-corrected chi connectivity index (χ3v) is 5.26. The summed E-state index contributed by atoms with van der Waals surface area (Å²) in [5.74, 6) is 1.03. The van der Waals surface area contributed by atoms with Crippen molar-refractivity contribution < 1.29 is 18.4 Å². The number of nitrogens with zero attached hydrogens (tertiary/aromatic N) is 4. The minimum absolute atomic E-state index is 0.0490. The number of nitriles is 1. The van der Waals surface area contributed by atoms with E-state index in [1.165, 1.54) is 6.26 Å². The molecule has 0 radical (unpaired) electrons. The summed E-state index contributed by atoms with van der Waals surface area (Å²) in [6.45, 7) is 2.57. The van der Waals surface area contributed by atoms with E-state index in [4.69, 9.17) is 8.83 Å². The lowest BCUT2D eigenvalue weighted by Gasteiger charge is -2.34. The number of rotatable bonds is 7. The minimum Gasteiger partial charge on any atom is -0.459 e. The first-order valence-corrected chi connectivity index (χ1v) is 10.5. The number of furan rings is 1. The van der Waals surface area contributed by atoms with Crippen LogP contribution in [-0.2, 0) is 4.79 Å². The average molecular weight is 433 g/mol. The molecular weight excluding hydrogens is 410 g/mol. The van der Waals surface area contributed by atoms with Crippen molar-refractivity contribution >= 4 is 17.7 Å². The van der Waals surface area contributed by atoms with Crippen LogP contribution in [0.3, 0.4) is 0 Å². The maximum atomic E-state index is 12.5. The fraction of sp³-hybridized carbons (Fsp3) is 0.304. The highest BCUT2D eigenvalue weighted by Gasteiger charge is 2.26. The van der Waals surface area contributed by atoms with E-state index in [1.807, 2.05) is 23.1 Å². The number of aromatic nitrogens is 1. The summed E-state index contributed by atoms with van der Waals surface area (Å²) in [7, 11) is 0. The van der Waals surface area contributed by atoms with Crippen molar-refractivity contribution in [2.24, 2.45) is 0 Å². The van der Waals surface area contributed by atoms with Crippen LogP contribution in [0.15, 0.2) is 57.6 Å². The Morgan fingerprint density at radius 2 is 1.88 bits per heavy atom. The Labute approximate surface area is 185 Å². The quantitative estimate of drug-likeness (QED) is 0.570. The number of piperazine rings is 1. The van der Waals surface area contributed by atoms with Crippen molar-refractivity contribution in [3.63, 3.8) is 0 Å². The van der Waals surface area contributed by atoms with Gasteiger partial charge in [-0.05, 0) is 30.7 Å². The van der Waals surface area contributed by atoms with Gasteiger partial charge in [0.15, 0.2) is 5.76 Å². The molecule has 32 heavy (non-hydrogen) atoms. The Morgan fingerprint density at radius 3 is 2.56 bits per heavy atom. The first-order valence-electron chi connectivity index (χ1n) is 10.5. The van der Waals surface area contributed by atoms with E-state index in [9.17, 15) is 14.9 Å². The molecule has 9 nitrogen and oxygen atoms in total. The van der Waals surface area contributed by atoms with Crippen LogP contribution in [0, 0.1) is 11.3 Å². The lowest BCUT2D eigenvalue weighted by atomic mass is 10.2. The molecule has 0 aliphatic carbocycles. The Balaban J connectivity index is 1.24. The minimum atomic E-state index is -0.138. The maximum absolute atomic E-state index is 12.5. The third kappa shape index (κ3) is 4.81. The fourth-order valence-corrected chi connectivity index (χ4v) is 3.56. The standard InChI is InChI=1S/C23H23N5O4/c24-16-18-23(32-22(26-18)19-8-5-15-31-19)28-13-11-27(12-14-28)20(29)9-4-10-25-21(30)17-6-2-1-3-7-17/h1-3,5-8,15H,4,9-14H2,(H,25,30). The lowest BCUT2D eigenvalue weighted by Crippen LogP contribution is -2.49. The van der Waals surface area contributed by atoms with Gasteiger partial charge in [0.25, 0.3) is 11.8 Å². The first kappa shape index (κ1) is 21.2. The van der Waals surface area contributed by atoms with Crippen molar-refractivity contribution in [1.29, 1.82) is 5.26 Å². The normalized spacial score (nSPS) is 13.6. The predicted molar refractivity (Wildman–Crippen MR) is 116 cm³/mol. The van der Waals surface area contributed by atoms with Crippen LogP contribution in [0.1, 0.15) is 28.9 Å². The van der Waals surface area contributed by atoms with E-state index in [0.29, 0.717) is 62.8 Å². The molecule has 3 aromatic rings. The van der Waals surface area contributed by atoms with E-state index < -0.39 is 0 Å². The zero-order valence-electron chi connectivity index (χ0n) is 17.5. The van der Waals surface area contributed by atoms with Gasteiger partial charge in [0, 0.05) is 44.7 Å². The van der Waals surface area contributed by atoms with E-state index in [1.54, 1.807) is 29.2 Å². The Morgan fingerprint density at radius 1 is 1.09 bits per heavy atom. The van der Waals surface area contributed by atoms with Crippen LogP contribution < -0.4 is 10.2 Å². The molecule has 1 saturated heterocycles. The Bertz CT molecular complexity index is 1090. The Hall–Kier alpha value is -4.06. The number of hydrogen-bond acceptors (Lipinski definition) is 7. The van der Waals surface area contributed by atoms with Gasteiger partial charge < -0.3 is 24.0 Å². The lowest BCUT2D eigenvalue weighted by molar-refractivity contribution is -0.131.